The van der Waals surface area contributed by atoms with E-state index in [4.69, 9.17) is 9.47 Å². The molecule has 0 spiro atoms. The lowest BCUT2D eigenvalue weighted by molar-refractivity contribution is 0.0785. The Morgan fingerprint density at radius 2 is 1.79 bits per heavy atom. The molecule has 0 fully saturated rings. The van der Waals surface area contributed by atoms with E-state index in [0.717, 1.165) is 51.9 Å². The van der Waals surface area contributed by atoms with Gasteiger partial charge in [0.05, 0.1) is 19.8 Å². The highest BCUT2D eigenvalue weighted by Crippen LogP contribution is 2.24. The van der Waals surface area contributed by atoms with Gasteiger partial charge in [-0.15, -0.1) is 0 Å². The van der Waals surface area contributed by atoms with Crippen molar-refractivity contribution >= 4 is 0 Å². The van der Waals surface area contributed by atoms with Gasteiger partial charge in [0.1, 0.15) is 0 Å². The first kappa shape index (κ1) is 16.7. The largest absolute Gasteiger partial charge is 0.380 e. The van der Waals surface area contributed by atoms with Crippen LogP contribution in [0.25, 0.3) is 0 Å². The van der Waals surface area contributed by atoms with Crippen LogP contribution in [0.4, 0.5) is 0 Å². The number of hydrogen-bond donors (Lipinski definition) is 1. The van der Waals surface area contributed by atoms with Gasteiger partial charge in [0.2, 0.25) is 0 Å². The van der Waals surface area contributed by atoms with Crippen LogP contribution in [0.2, 0.25) is 0 Å². The van der Waals surface area contributed by atoms with Crippen molar-refractivity contribution in [1.82, 2.24) is 5.32 Å². The molecule has 0 bridgehead atoms. The molecule has 0 saturated carbocycles. The van der Waals surface area contributed by atoms with Crippen LogP contribution < -0.4 is 5.32 Å². The van der Waals surface area contributed by atoms with Gasteiger partial charge in [-0.3, -0.25) is 0 Å². The maximum Gasteiger partial charge on any atom is 0.0591 e. The molecule has 2 atom stereocenters. The van der Waals surface area contributed by atoms with E-state index in [2.05, 4.69) is 31.3 Å². The molecule has 19 heavy (non-hydrogen) atoms. The van der Waals surface area contributed by atoms with Crippen LogP contribution in [0.15, 0.2) is 12.2 Å². The molecule has 0 heterocycles. The Kier molecular flexibility index (Phi) is 10.0. The lowest BCUT2D eigenvalue weighted by atomic mass is 9.85. The molecule has 112 valence electrons. The summed E-state index contributed by atoms with van der Waals surface area (Å²) in [5, 5.41) is 3.35. The number of allylic oxidation sites excluding steroid dienone is 2. The Balaban J connectivity index is 1.82. The van der Waals surface area contributed by atoms with Crippen molar-refractivity contribution < 1.29 is 9.47 Å². The van der Waals surface area contributed by atoms with Crippen LogP contribution in [-0.4, -0.2) is 39.5 Å². The minimum absolute atomic E-state index is 0.711. The van der Waals surface area contributed by atoms with E-state index in [1.165, 1.54) is 19.3 Å². The molecule has 1 aliphatic carbocycles. The predicted octanol–water partition coefficient (Wildman–Crippen LogP) is 3.01. The Hall–Kier alpha value is -0.380. The molecule has 1 aliphatic rings. The first-order chi connectivity index (χ1) is 9.34. The van der Waals surface area contributed by atoms with Crippen molar-refractivity contribution in [2.75, 3.05) is 39.5 Å². The molecule has 3 heteroatoms. The highest BCUT2D eigenvalue weighted by molar-refractivity contribution is 4.93. The molecular weight excluding hydrogens is 238 g/mol. The summed E-state index contributed by atoms with van der Waals surface area (Å²) in [4.78, 5) is 0. The molecule has 3 nitrogen and oxygen atoms in total. The minimum atomic E-state index is 0.711. The van der Waals surface area contributed by atoms with Crippen LogP contribution in [-0.2, 0) is 9.47 Å². The molecule has 1 N–H and O–H groups in total. The molecule has 0 amide bonds. The molecule has 0 aromatic heterocycles. The third-order valence-electron chi connectivity index (χ3n) is 3.74. The molecule has 2 unspecified atom stereocenters. The quantitative estimate of drug-likeness (QED) is 0.462. The van der Waals surface area contributed by atoms with E-state index in [1.54, 1.807) is 0 Å². The standard InChI is InChI=1S/C16H31NO2/c1-3-4-11-18-12-9-17-10-13-19-14-16-8-6-5-7-15(16)2/h5-6,15-17H,3-4,7-14H2,1-2H3. The highest BCUT2D eigenvalue weighted by atomic mass is 16.5. The topological polar surface area (TPSA) is 30.5 Å². The lowest BCUT2D eigenvalue weighted by Crippen LogP contribution is -2.26. The van der Waals surface area contributed by atoms with Crippen molar-refractivity contribution in [3.8, 4) is 0 Å². The summed E-state index contributed by atoms with van der Waals surface area (Å²) in [6.07, 6.45) is 9.34. The molecular formula is C16H31NO2. The summed E-state index contributed by atoms with van der Waals surface area (Å²) in [5.74, 6) is 1.48. The van der Waals surface area contributed by atoms with E-state index in [-0.39, 0.29) is 0 Å². The Labute approximate surface area is 118 Å². The van der Waals surface area contributed by atoms with Crippen molar-refractivity contribution in [2.45, 2.75) is 39.5 Å². The summed E-state index contributed by atoms with van der Waals surface area (Å²) < 4.78 is 11.2. The Bertz CT molecular complexity index is 231. The third-order valence-corrected chi connectivity index (χ3v) is 3.74. The highest BCUT2D eigenvalue weighted by Gasteiger charge is 2.17. The first-order valence-electron chi connectivity index (χ1n) is 7.85. The first-order valence-corrected chi connectivity index (χ1v) is 7.85. The SMILES string of the molecule is CCCCOCCNCCOCC1CC=CCC1C. The van der Waals surface area contributed by atoms with Crippen molar-refractivity contribution in [1.29, 1.82) is 0 Å². The second-order valence-corrected chi connectivity index (χ2v) is 5.47. The van der Waals surface area contributed by atoms with Crippen molar-refractivity contribution in [2.24, 2.45) is 11.8 Å². The zero-order chi connectivity index (χ0) is 13.8. The predicted molar refractivity (Wildman–Crippen MR) is 80.4 cm³/mol. The fraction of sp³-hybridized carbons (Fsp3) is 0.875. The summed E-state index contributed by atoms with van der Waals surface area (Å²) in [5.41, 5.74) is 0. The van der Waals surface area contributed by atoms with Gasteiger partial charge < -0.3 is 14.8 Å². The molecule has 0 aliphatic heterocycles. The number of rotatable bonds is 11. The molecule has 0 radical (unpaired) electrons. The van der Waals surface area contributed by atoms with Crippen LogP contribution in [0.1, 0.15) is 39.5 Å². The van der Waals surface area contributed by atoms with Crippen LogP contribution in [0.5, 0.6) is 0 Å². The third kappa shape index (κ3) is 8.40. The molecule has 0 aromatic rings. The summed E-state index contributed by atoms with van der Waals surface area (Å²) in [6.45, 7) is 9.77. The zero-order valence-corrected chi connectivity index (χ0v) is 12.7. The van der Waals surface area contributed by atoms with E-state index in [9.17, 15) is 0 Å². The van der Waals surface area contributed by atoms with E-state index < -0.39 is 0 Å². The van der Waals surface area contributed by atoms with Gasteiger partial charge in [-0.05, 0) is 31.1 Å². The van der Waals surface area contributed by atoms with Crippen LogP contribution in [0.3, 0.4) is 0 Å². The normalized spacial score (nSPS) is 22.8. The number of nitrogens with one attached hydrogen (secondary N) is 1. The molecule has 0 saturated heterocycles. The summed E-state index contributed by atoms with van der Waals surface area (Å²) in [6, 6.07) is 0. The zero-order valence-electron chi connectivity index (χ0n) is 12.7. The molecule has 1 rings (SSSR count). The van der Waals surface area contributed by atoms with Gasteiger partial charge in [-0.2, -0.15) is 0 Å². The van der Waals surface area contributed by atoms with Crippen molar-refractivity contribution in [3.63, 3.8) is 0 Å². The second-order valence-electron chi connectivity index (χ2n) is 5.47. The number of unbranched alkanes of at least 4 members (excludes halogenated alkanes) is 1. The van der Waals surface area contributed by atoms with Gasteiger partial charge in [-0.25, -0.2) is 0 Å². The fourth-order valence-electron chi connectivity index (χ4n) is 2.24. The second kappa shape index (κ2) is 11.4. The maximum atomic E-state index is 5.75. The van der Waals surface area contributed by atoms with Crippen LogP contribution in [0, 0.1) is 11.8 Å². The van der Waals surface area contributed by atoms with E-state index >= 15 is 0 Å². The summed E-state index contributed by atoms with van der Waals surface area (Å²) in [7, 11) is 0. The average molecular weight is 269 g/mol. The maximum absolute atomic E-state index is 5.75. The summed E-state index contributed by atoms with van der Waals surface area (Å²) >= 11 is 0. The van der Waals surface area contributed by atoms with Crippen molar-refractivity contribution in [3.05, 3.63) is 12.2 Å². The number of hydrogen-bond acceptors (Lipinski definition) is 3. The van der Waals surface area contributed by atoms with E-state index in [0.29, 0.717) is 5.92 Å². The lowest BCUT2D eigenvalue weighted by Gasteiger charge is -2.24. The Morgan fingerprint density at radius 3 is 2.53 bits per heavy atom. The molecule has 0 aromatic carbocycles. The van der Waals surface area contributed by atoms with Crippen LogP contribution >= 0.6 is 0 Å². The number of ether oxygens (including phenoxy) is 2. The van der Waals surface area contributed by atoms with Gasteiger partial charge in [0.15, 0.2) is 0 Å². The van der Waals surface area contributed by atoms with Gasteiger partial charge in [0.25, 0.3) is 0 Å². The monoisotopic (exact) mass is 269 g/mol. The average Bonchev–Trinajstić information content (AvgIpc) is 2.43. The smallest absolute Gasteiger partial charge is 0.0591 e. The van der Waals surface area contributed by atoms with Gasteiger partial charge >= 0.3 is 0 Å². The van der Waals surface area contributed by atoms with Gasteiger partial charge in [0, 0.05) is 19.7 Å². The fourth-order valence-corrected chi connectivity index (χ4v) is 2.24. The van der Waals surface area contributed by atoms with Gasteiger partial charge in [-0.1, -0.05) is 32.4 Å². The Morgan fingerprint density at radius 1 is 1.05 bits per heavy atom. The van der Waals surface area contributed by atoms with E-state index in [1.807, 2.05) is 0 Å². The minimum Gasteiger partial charge on any atom is -0.380 e.